The molecule has 0 aromatic heterocycles. The highest BCUT2D eigenvalue weighted by Crippen LogP contribution is 2.20. The maximum Gasteiger partial charge on any atom is 0.239 e. The SMILES string of the molecule is Nc1cc(F)ccc1S(=O)(=O)CC(=O)Nc1ccccc1. The van der Waals surface area contributed by atoms with Gasteiger partial charge in [0.15, 0.2) is 9.84 Å². The smallest absolute Gasteiger partial charge is 0.239 e. The Morgan fingerprint density at radius 2 is 1.81 bits per heavy atom. The van der Waals surface area contributed by atoms with Crippen molar-refractivity contribution in [3.8, 4) is 0 Å². The molecule has 0 bridgehead atoms. The number of rotatable bonds is 4. The zero-order valence-electron chi connectivity index (χ0n) is 10.9. The summed E-state index contributed by atoms with van der Waals surface area (Å²) < 4.78 is 37.1. The third kappa shape index (κ3) is 3.79. The number of amides is 1. The molecule has 5 nitrogen and oxygen atoms in total. The van der Waals surface area contributed by atoms with Crippen LogP contribution in [0.3, 0.4) is 0 Å². The molecule has 0 aliphatic carbocycles. The van der Waals surface area contributed by atoms with Crippen LogP contribution in [0.15, 0.2) is 53.4 Å². The van der Waals surface area contributed by atoms with E-state index < -0.39 is 27.3 Å². The molecule has 0 fully saturated rings. The van der Waals surface area contributed by atoms with Gasteiger partial charge in [-0.15, -0.1) is 0 Å². The van der Waals surface area contributed by atoms with E-state index in [1.54, 1.807) is 30.3 Å². The molecule has 0 radical (unpaired) electrons. The molecule has 2 aromatic rings. The quantitative estimate of drug-likeness (QED) is 0.666. The summed E-state index contributed by atoms with van der Waals surface area (Å²) in [5.74, 6) is -2.09. The number of carbonyl (C=O) groups excluding carboxylic acids is 1. The number of sulfone groups is 1. The first-order valence-corrected chi connectivity index (χ1v) is 7.66. The van der Waals surface area contributed by atoms with Crippen molar-refractivity contribution in [1.82, 2.24) is 0 Å². The number of anilines is 2. The predicted molar refractivity (Wildman–Crippen MR) is 77.9 cm³/mol. The summed E-state index contributed by atoms with van der Waals surface area (Å²) in [5.41, 5.74) is 5.76. The Morgan fingerprint density at radius 1 is 1.14 bits per heavy atom. The van der Waals surface area contributed by atoms with Crippen LogP contribution in [0.4, 0.5) is 15.8 Å². The van der Waals surface area contributed by atoms with Gasteiger partial charge in [-0.1, -0.05) is 18.2 Å². The van der Waals surface area contributed by atoms with Crippen LogP contribution in [0.1, 0.15) is 0 Å². The highest BCUT2D eigenvalue weighted by molar-refractivity contribution is 7.92. The van der Waals surface area contributed by atoms with Crippen LogP contribution in [0, 0.1) is 5.82 Å². The highest BCUT2D eigenvalue weighted by atomic mass is 32.2. The van der Waals surface area contributed by atoms with E-state index in [0.29, 0.717) is 5.69 Å². The Balaban J connectivity index is 2.16. The summed E-state index contributed by atoms with van der Waals surface area (Å²) in [7, 11) is -3.93. The van der Waals surface area contributed by atoms with Crippen molar-refractivity contribution in [1.29, 1.82) is 0 Å². The third-order valence-electron chi connectivity index (χ3n) is 2.69. The van der Waals surface area contributed by atoms with Crippen LogP contribution in [0.25, 0.3) is 0 Å². The molecular weight excluding hydrogens is 295 g/mol. The fourth-order valence-corrected chi connectivity index (χ4v) is 3.04. The van der Waals surface area contributed by atoms with Crippen molar-refractivity contribution in [2.45, 2.75) is 4.90 Å². The molecule has 2 aromatic carbocycles. The largest absolute Gasteiger partial charge is 0.398 e. The third-order valence-corrected chi connectivity index (χ3v) is 4.37. The van der Waals surface area contributed by atoms with Crippen molar-refractivity contribution in [2.24, 2.45) is 0 Å². The number of benzene rings is 2. The van der Waals surface area contributed by atoms with E-state index in [1.165, 1.54) is 0 Å². The van der Waals surface area contributed by atoms with E-state index in [1.807, 2.05) is 0 Å². The lowest BCUT2D eigenvalue weighted by Crippen LogP contribution is -2.23. The Labute approximate surface area is 121 Å². The second-order valence-electron chi connectivity index (χ2n) is 4.36. The van der Waals surface area contributed by atoms with Crippen LogP contribution in [0.2, 0.25) is 0 Å². The number of nitrogens with two attached hydrogens (primary N) is 1. The van der Waals surface area contributed by atoms with Gasteiger partial charge in [-0.25, -0.2) is 12.8 Å². The Hall–Kier alpha value is -2.41. The molecule has 0 atom stereocenters. The minimum Gasteiger partial charge on any atom is -0.398 e. The maximum atomic E-state index is 12.9. The first-order chi connectivity index (χ1) is 9.88. The Kier molecular flexibility index (Phi) is 4.23. The monoisotopic (exact) mass is 308 g/mol. The van der Waals surface area contributed by atoms with Crippen LogP contribution >= 0.6 is 0 Å². The van der Waals surface area contributed by atoms with Gasteiger partial charge in [0.25, 0.3) is 0 Å². The molecule has 3 N–H and O–H groups in total. The van der Waals surface area contributed by atoms with Crippen LogP contribution in [-0.4, -0.2) is 20.1 Å². The fourth-order valence-electron chi connectivity index (χ4n) is 1.77. The van der Waals surface area contributed by atoms with Crippen molar-refractivity contribution in [3.63, 3.8) is 0 Å². The van der Waals surface area contributed by atoms with E-state index in [0.717, 1.165) is 18.2 Å². The standard InChI is InChI=1S/C14H13FN2O3S/c15-10-6-7-13(12(16)8-10)21(19,20)9-14(18)17-11-4-2-1-3-5-11/h1-8H,9,16H2,(H,17,18). The molecule has 1 amide bonds. The van der Waals surface area contributed by atoms with Gasteiger partial charge in [0.1, 0.15) is 11.6 Å². The number of nitrogen functional groups attached to an aromatic ring is 1. The summed E-state index contributed by atoms with van der Waals surface area (Å²) in [5, 5.41) is 2.47. The molecule has 0 heterocycles. The first kappa shape index (κ1) is 15.0. The minimum atomic E-state index is -3.93. The van der Waals surface area contributed by atoms with Gasteiger partial charge >= 0.3 is 0 Å². The number of hydrogen-bond donors (Lipinski definition) is 2. The molecule has 0 spiro atoms. The summed E-state index contributed by atoms with van der Waals surface area (Å²) in [4.78, 5) is 11.5. The first-order valence-electron chi connectivity index (χ1n) is 6.01. The van der Waals surface area contributed by atoms with Crippen LogP contribution in [-0.2, 0) is 14.6 Å². The molecule has 0 unspecified atom stereocenters. The van der Waals surface area contributed by atoms with Gasteiger partial charge in [0.05, 0.1) is 10.6 Å². The molecule has 0 aliphatic rings. The van der Waals surface area contributed by atoms with Crippen LogP contribution in [0.5, 0.6) is 0 Å². The summed E-state index contributed by atoms with van der Waals surface area (Å²) in [6.07, 6.45) is 0. The van der Waals surface area contributed by atoms with Crippen LogP contribution < -0.4 is 11.1 Å². The zero-order chi connectivity index (χ0) is 15.5. The number of hydrogen-bond acceptors (Lipinski definition) is 4. The Bertz CT molecular complexity index is 761. The van der Waals surface area contributed by atoms with E-state index in [-0.39, 0.29) is 10.6 Å². The Morgan fingerprint density at radius 3 is 2.43 bits per heavy atom. The summed E-state index contributed by atoms with van der Waals surface area (Å²) in [6, 6.07) is 11.4. The van der Waals surface area contributed by atoms with Gasteiger partial charge in [0.2, 0.25) is 5.91 Å². The van der Waals surface area contributed by atoms with Gasteiger partial charge in [-0.05, 0) is 30.3 Å². The molecule has 110 valence electrons. The molecule has 21 heavy (non-hydrogen) atoms. The summed E-state index contributed by atoms with van der Waals surface area (Å²) in [6.45, 7) is 0. The predicted octanol–water partition coefficient (Wildman–Crippen LogP) is 1.82. The van der Waals surface area contributed by atoms with Crippen molar-refractivity contribution >= 4 is 27.1 Å². The molecule has 0 saturated carbocycles. The molecular formula is C14H13FN2O3S. The van der Waals surface area contributed by atoms with Gasteiger partial charge in [-0.3, -0.25) is 4.79 Å². The van der Waals surface area contributed by atoms with E-state index >= 15 is 0 Å². The lowest BCUT2D eigenvalue weighted by molar-refractivity contribution is -0.113. The maximum absolute atomic E-state index is 12.9. The second kappa shape index (κ2) is 5.92. The normalized spacial score (nSPS) is 11.1. The van der Waals surface area contributed by atoms with Gasteiger partial charge in [-0.2, -0.15) is 0 Å². The molecule has 2 rings (SSSR count). The number of halogens is 1. The lowest BCUT2D eigenvalue weighted by Gasteiger charge is -2.08. The van der Waals surface area contributed by atoms with Crippen molar-refractivity contribution < 1.29 is 17.6 Å². The van der Waals surface area contributed by atoms with E-state index in [2.05, 4.69) is 5.32 Å². The molecule has 0 saturated heterocycles. The van der Waals surface area contributed by atoms with Gasteiger partial charge < -0.3 is 11.1 Å². The zero-order valence-corrected chi connectivity index (χ0v) is 11.7. The van der Waals surface area contributed by atoms with Gasteiger partial charge in [0, 0.05) is 5.69 Å². The minimum absolute atomic E-state index is 0.220. The molecule has 7 heteroatoms. The topological polar surface area (TPSA) is 89.3 Å². The lowest BCUT2D eigenvalue weighted by atomic mass is 10.3. The average Bonchev–Trinajstić information content (AvgIpc) is 2.38. The van der Waals surface area contributed by atoms with E-state index in [4.69, 9.17) is 5.73 Å². The molecule has 0 aliphatic heterocycles. The van der Waals surface area contributed by atoms with Crippen molar-refractivity contribution in [2.75, 3.05) is 16.8 Å². The van der Waals surface area contributed by atoms with E-state index in [9.17, 15) is 17.6 Å². The average molecular weight is 308 g/mol. The fraction of sp³-hybridized carbons (Fsp3) is 0.0714. The summed E-state index contributed by atoms with van der Waals surface area (Å²) >= 11 is 0. The highest BCUT2D eigenvalue weighted by Gasteiger charge is 2.22. The second-order valence-corrected chi connectivity index (χ2v) is 6.31. The number of nitrogens with one attached hydrogen (secondary N) is 1. The number of carbonyl (C=O) groups is 1. The number of para-hydroxylation sites is 1. The van der Waals surface area contributed by atoms with Crippen molar-refractivity contribution in [3.05, 3.63) is 54.3 Å².